The van der Waals surface area contributed by atoms with E-state index in [0.29, 0.717) is 3.72 Å². The Morgan fingerprint density at radius 1 is 1.29 bits per heavy atom. The van der Waals surface area contributed by atoms with Crippen molar-refractivity contribution in [3.63, 3.8) is 0 Å². The summed E-state index contributed by atoms with van der Waals surface area (Å²) in [6.45, 7) is 7.11. The van der Waals surface area contributed by atoms with Gasteiger partial charge in [0, 0.05) is 0 Å². The molecule has 0 aliphatic heterocycles. The number of hydrogen-bond acceptors (Lipinski definition) is 0. The van der Waals surface area contributed by atoms with E-state index < -0.39 is 0 Å². The molecule has 3 heteroatoms. The minimum absolute atomic E-state index is 0. The van der Waals surface area contributed by atoms with Gasteiger partial charge in [0.25, 0.3) is 0 Å². The second-order valence-electron chi connectivity index (χ2n) is 6.35. The van der Waals surface area contributed by atoms with Gasteiger partial charge in [0.2, 0.25) is 0 Å². The molecule has 4 aliphatic rings. The van der Waals surface area contributed by atoms with Crippen molar-refractivity contribution in [2.24, 2.45) is 5.92 Å². The van der Waals surface area contributed by atoms with E-state index in [1.165, 1.54) is 32.1 Å². The Balaban J connectivity index is 0.00000110. The first-order valence-corrected chi connectivity index (χ1v) is 8.40. The first-order chi connectivity index (χ1) is 9.07. The van der Waals surface area contributed by atoms with Gasteiger partial charge in [-0.3, -0.25) is 0 Å². The topological polar surface area (TPSA) is 0 Å². The maximum Gasteiger partial charge on any atom is -1.00 e. The van der Waals surface area contributed by atoms with Gasteiger partial charge in [0.05, 0.1) is 0 Å². The molecule has 0 aromatic carbocycles. The van der Waals surface area contributed by atoms with Crippen molar-refractivity contribution in [3.05, 3.63) is 46.1 Å². The predicted octanol–water partition coefficient (Wildman–Crippen LogP) is -0.557. The number of fused-ring (bicyclic) bond motifs is 1. The zero-order valence-electron chi connectivity index (χ0n) is 13.1. The van der Waals surface area contributed by atoms with Gasteiger partial charge in [-0.1, -0.05) is 0 Å². The van der Waals surface area contributed by atoms with Crippen molar-refractivity contribution in [2.45, 2.75) is 56.6 Å². The Kier molecular flexibility index (Phi) is 6.63. The van der Waals surface area contributed by atoms with Crippen LogP contribution in [-0.2, 0) is 20.4 Å². The SMILES string of the molecule is CCCC1C2=C(CCC3=CC=CC3)[C](C)([Ti+2])C1=C2C.[Cl-].[Cl-]. The average Bonchev–Trinajstić information content (AvgIpc) is 2.97. The third-order valence-corrected chi connectivity index (χ3v) is 5.99. The number of rotatable bonds is 5. The van der Waals surface area contributed by atoms with Gasteiger partial charge in [0.1, 0.15) is 0 Å². The molecule has 0 saturated carbocycles. The molecule has 0 radical (unpaired) electrons. The molecule has 0 aromatic heterocycles. The van der Waals surface area contributed by atoms with Crippen LogP contribution in [0.1, 0.15) is 52.9 Å². The minimum atomic E-state index is 0. The molecule has 113 valence electrons. The molecule has 4 aliphatic carbocycles. The monoisotopic (exact) mass is 357 g/mol. The first-order valence-electron chi connectivity index (χ1n) is 7.62. The number of allylic oxidation sites excluding steroid dienone is 8. The standard InChI is InChI=1S/C18H23.2ClH.Ti/c1-4-7-16-17-12(2)15(18(16)13(17)3)11-10-14-8-5-6-9-14;;;/h5-6,8,16H,4,7,9-11H2,1-3H3;2*1H;/q;;;+2/p-2. The van der Waals surface area contributed by atoms with E-state index in [4.69, 9.17) is 0 Å². The van der Waals surface area contributed by atoms with Crippen LogP contribution in [0.2, 0.25) is 3.72 Å². The molecule has 0 spiro atoms. The van der Waals surface area contributed by atoms with E-state index in [1.807, 2.05) is 0 Å². The number of halogens is 2. The van der Waals surface area contributed by atoms with Crippen molar-refractivity contribution in [2.75, 3.05) is 0 Å². The van der Waals surface area contributed by atoms with Crippen LogP contribution >= 0.6 is 0 Å². The molecular formula is C18H23Cl2Ti. The summed E-state index contributed by atoms with van der Waals surface area (Å²) in [4.78, 5) is 0. The van der Waals surface area contributed by atoms with Crippen molar-refractivity contribution in [3.8, 4) is 0 Å². The summed E-state index contributed by atoms with van der Waals surface area (Å²) in [5, 5.41) is 0. The van der Waals surface area contributed by atoms with Crippen molar-refractivity contribution in [1.82, 2.24) is 0 Å². The summed E-state index contributed by atoms with van der Waals surface area (Å²) >= 11 is 2.45. The van der Waals surface area contributed by atoms with Gasteiger partial charge in [-0.25, -0.2) is 0 Å². The van der Waals surface area contributed by atoms with Crippen LogP contribution in [0.3, 0.4) is 0 Å². The molecular weight excluding hydrogens is 335 g/mol. The fourth-order valence-corrected chi connectivity index (χ4v) is 5.22. The summed E-state index contributed by atoms with van der Waals surface area (Å²) in [6.07, 6.45) is 13.2. The normalized spacial score (nSPS) is 29.2. The van der Waals surface area contributed by atoms with Gasteiger partial charge >= 0.3 is 129 Å². The summed E-state index contributed by atoms with van der Waals surface area (Å²) in [7, 11) is 0. The molecule has 0 aromatic rings. The zero-order valence-corrected chi connectivity index (χ0v) is 16.2. The summed E-state index contributed by atoms with van der Waals surface area (Å²) < 4.78 is 0.353. The molecule has 2 bridgehead atoms. The van der Waals surface area contributed by atoms with Gasteiger partial charge in [-0.05, 0) is 0 Å². The molecule has 0 N–H and O–H groups in total. The van der Waals surface area contributed by atoms with E-state index in [-0.39, 0.29) is 24.8 Å². The van der Waals surface area contributed by atoms with Gasteiger partial charge in [-0.15, -0.1) is 0 Å². The summed E-state index contributed by atoms with van der Waals surface area (Å²) in [6, 6.07) is 0. The summed E-state index contributed by atoms with van der Waals surface area (Å²) in [5.74, 6) is 0.811. The Morgan fingerprint density at radius 3 is 2.57 bits per heavy atom. The molecule has 0 nitrogen and oxygen atoms in total. The Morgan fingerprint density at radius 2 is 2.00 bits per heavy atom. The second-order valence-corrected chi connectivity index (χ2v) is 7.92. The Hall–Kier alpha value is 0.254. The second kappa shape index (κ2) is 7.22. The Labute approximate surface area is 153 Å². The van der Waals surface area contributed by atoms with Crippen LogP contribution in [-0.4, -0.2) is 0 Å². The van der Waals surface area contributed by atoms with Crippen LogP contribution < -0.4 is 24.8 Å². The quantitative estimate of drug-likeness (QED) is 0.579. The first kappa shape index (κ1) is 19.3. The minimum Gasteiger partial charge on any atom is -1.00 e. The van der Waals surface area contributed by atoms with Crippen molar-refractivity contribution < 1.29 is 45.2 Å². The fraction of sp³-hybridized carbons (Fsp3) is 0.556. The molecule has 0 amide bonds. The predicted molar refractivity (Wildman–Crippen MR) is 77.6 cm³/mol. The molecule has 2 unspecified atom stereocenters. The van der Waals surface area contributed by atoms with E-state index in [2.05, 4.69) is 59.4 Å². The third kappa shape index (κ3) is 3.02. The van der Waals surface area contributed by atoms with Crippen LogP contribution in [0, 0.1) is 5.92 Å². The van der Waals surface area contributed by atoms with E-state index in [1.54, 1.807) is 27.9 Å². The fourth-order valence-electron chi connectivity index (χ4n) is 4.25. The van der Waals surface area contributed by atoms with Gasteiger partial charge < -0.3 is 24.8 Å². The largest absolute Gasteiger partial charge is 1.00 e. The molecule has 0 heterocycles. The van der Waals surface area contributed by atoms with E-state index in [0.717, 1.165) is 5.92 Å². The van der Waals surface area contributed by atoms with Gasteiger partial charge in [0.15, 0.2) is 0 Å². The number of hydrogen-bond donors (Lipinski definition) is 0. The van der Waals surface area contributed by atoms with Crippen molar-refractivity contribution >= 4 is 0 Å². The molecule has 2 atom stereocenters. The van der Waals surface area contributed by atoms with Crippen LogP contribution in [0.4, 0.5) is 0 Å². The van der Waals surface area contributed by atoms with Crippen LogP contribution in [0.5, 0.6) is 0 Å². The maximum absolute atomic E-state index is 2.45. The summed E-state index contributed by atoms with van der Waals surface area (Å²) in [5.41, 5.74) is 8.51. The van der Waals surface area contributed by atoms with Crippen LogP contribution in [0.15, 0.2) is 46.1 Å². The molecule has 0 saturated heterocycles. The molecule has 4 rings (SSSR count). The Bertz CT molecular complexity index is 535. The molecule has 21 heavy (non-hydrogen) atoms. The van der Waals surface area contributed by atoms with E-state index in [9.17, 15) is 0 Å². The van der Waals surface area contributed by atoms with Crippen molar-refractivity contribution in [1.29, 1.82) is 0 Å². The average molecular weight is 358 g/mol. The molecule has 0 fully saturated rings. The third-order valence-electron chi connectivity index (χ3n) is 5.09. The van der Waals surface area contributed by atoms with Crippen LogP contribution in [0.25, 0.3) is 0 Å². The van der Waals surface area contributed by atoms with Gasteiger partial charge in [-0.2, -0.15) is 0 Å². The maximum atomic E-state index is 2.45. The zero-order chi connectivity index (χ0) is 13.6. The van der Waals surface area contributed by atoms with E-state index >= 15 is 0 Å². The smallest absolute Gasteiger partial charge is 1.00 e.